The van der Waals surface area contributed by atoms with Crippen molar-refractivity contribution >= 4 is 28.7 Å². The van der Waals surface area contributed by atoms with Crippen LogP contribution in [0.5, 0.6) is 5.75 Å². The molecule has 0 atom stereocenters. The van der Waals surface area contributed by atoms with Crippen LogP contribution >= 0.6 is 0 Å². The largest absolute Gasteiger partial charge is 0.497 e. The lowest BCUT2D eigenvalue weighted by Crippen LogP contribution is -1.88. The second-order valence-electron chi connectivity index (χ2n) is 6.01. The Hall–Kier alpha value is -4.00. The molecule has 0 saturated carbocycles. The standard InChI is InChI=1S/C21H15N3O4/c1-27-18-4-2-3-15(11-18)21-23-19-12-16(7-10-20(19)28-21)22-13-14-5-8-17(9-6-14)24(25)26/h2-13H,1H3. The summed E-state index contributed by atoms with van der Waals surface area (Å²) in [6.45, 7) is 0. The molecule has 138 valence electrons. The molecule has 0 N–H and O–H groups in total. The number of hydrogen-bond acceptors (Lipinski definition) is 6. The molecular formula is C21H15N3O4. The van der Waals surface area contributed by atoms with Gasteiger partial charge in [-0.3, -0.25) is 15.1 Å². The molecule has 0 aliphatic rings. The van der Waals surface area contributed by atoms with E-state index >= 15 is 0 Å². The van der Waals surface area contributed by atoms with Crippen molar-refractivity contribution in [2.75, 3.05) is 7.11 Å². The summed E-state index contributed by atoms with van der Waals surface area (Å²) < 4.78 is 11.1. The van der Waals surface area contributed by atoms with Crippen molar-refractivity contribution in [1.82, 2.24) is 4.98 Å². The van der Waals surface area contributed by atoms with Crippen LogP contribution in [0.1, 0.15) is 5.56 Å². The Morgan fingerprint density at radius 1 is 1.11 bits per heavy atom. The van der Waals surface area contributed by atoms with Crippen LogP contribution in [0.25, 0.3) is 22.6 Å². The zero-order valence-corrected chi connectivity index (χ0v) is 14.9. The lowest BCUT2D eigenvalue weighted by atomic mass is 10.2. The van der Waals surface area contributed by atoms with E-state index < -0.39 is 4.92 Å². The summed E-state index contributed by atoms with van der Waals surface area (Å²) in [4.78, 5) is 19.2. The van der Waals surface area contributed by atoms with Crippen LogP contribution in [0.3, 0.4) is 0 Å². The quantitative estimate of drug-likeness (QED) is 0.274. The van der Waals surface area contributed by atoms with E-state index in [1.54, 1.807) is 25.5 Å². The molecule has 4 rings (SSSR count). The monoisotopic (exact) mass is 373 g/mol. The molecular weight excluding hydrogens is 358 g/mol. The van der Waals surface area contributed by atoms with Crippen LogP contribution in [0.2, 0.25) is 0 Å². The van der Waals surface area contributed by atoms with Gasteiger partial charge >= 0.3 is 0 Å². The Kier molecular flexibility index (Phi) is 4.55. The summed E-state index contributed by atoms with van der Waals surface area (Å²) in [5, 5.41) is 10.7. The van der Waals surface area contributed by atoms with E-state index in [1.165, 1.54) is 12.1 Å². The minimum absolute atomic E-state index is 0.0474. The number of benzene rings is 3. The molecule has 1 aromatic heterocycles. The van der Waals surface area contributed by atoms with Crippen LogP contribution in [0.4, 0.5) is 11.4 Å². The van der Waals surface area contributed by atoms with Gasteiger partial charge in [0.05, 0.1) is 17.7 Å². The van der Waals surface area contributed by atoms with Crippen molar-refractivity contribution in [2.24, 2.45) is 4.99 Å². The number of methoxy groups -OCH3 is 1. The van der Waals surface area contributed by atoms with E-state index in [9.17, 15) is 10.1 Å². The van der Waals surface area contributed by atoms with Gasteiger partial charge in [-0.2, -0.15) is 0 Å². The highest BCUT2D eigenvalue weighted by molar-refractivity contribution is 5.85. The molecule has 0 aliphatic carbocycles. The number of nitro benzene ring substituents is 1. The first-order valence-electron chi connectivity index (χ1n) is 8.46. The first-order valence-corrected chi connectivity index (χ1v) is 8.46. The van der Waals surface area contributed by atoms with Crippen molar-refractivity contribution < 1.29 is 14.1 Å². The van der Waals surface area contributed by atoms with E-state index in [0.717, 1.165) is 16.9 Å². The average molecular weight is 373 g/mol. The van der Waals surface area contributed by atoms with E-state index in [2.05, 4.69) is 9.98 Å². The Morgan fingerprint density at radius 2 is 1.93 bits per heavy atom. The number of rotatable bonds is 5. The fourth-order valence-corrected chi connectivity index (χ4v) is 2.71. The zero-order valence-electron chi connectivity index (χ0n) is 14.9. The Morgan fingerprint density at radius 3 is 2.68 bits per heavy atom. The van der Waals surface area contributed by atoms with E-state index in [4.69, 9.17) is 9.15 Å². The predicted molar refractivity (Wildman–Crippen MR) is 106 cm³/mol. The topological polar surface area (TPSA) is 90.8 Å². The summed E-state index contributed by atoms with van der Waals surface area (Å²) >= 11 is 0. The summed E-state index contributed by atoms with van der Waals surface area (Å²) in [5.74, 6) is 1.23. The maximum absolute atomic E-state index is 10.7. The predicted octanol–water partition coefficient (Wildman–Crippen LogP) is 5.16. The van der Waals surface area contributed by atoms with Crippen molar-refractivity contribution in [2.45, 2.75) is 0 Å². The molecule has 4 aromatic rings. The molecule has 1 heterocycles. The smallest absolute Gasteiger partial charge is 0.269 e. The van der Waals surface area contributed by atoms with E-state index in [1.807, 2.05) is 42.5 Å². The maximum atomic E-state index is 10.7. The van der Waals surface area contributed by atoms with Gasteiger partial charge in [-0.15, -0.1) is 0 Å². The second-order valence-corrected chi connectivity index (χ2v) is 6.01. The number of nitrogens with zero attached hydrogens (tertiary/aromatic N) is 3. The molecule has 0 radical (unpaired) electrons. The Balaban J connectivity index is 1.60. The van der Waals surface area contributed by atoms with Crippen molar-refractivity contribution in [3.63, 3.8) is 0 Å². The van der Waals surface area contributed by atoms with Gasteiger partial charge in [-0.25, -0.2) is 4.98 Å². The summed E-state index contributed by atoms with van der Waals surface area (Å²) in [6.07, 6.45) is 1.65. The van der Waals surface area contributed by atoms with Crippen molar-refractivity contribution in [3.8, 4) is 17.2 Å². The number of non-ortho nitro benzene ring substituents is 1. The van der Waals surface area contributed by atoms with Crippen molar-refractivity contribution in [1.29, 1.82) is 0 Å². The number of aliphatic imine (C=N–C) groups is 1. The number of oxazole rings is 1. The van der Waals surface area contributed by atoms with Gasteiger partial charge in [-0.1, -0.05) is 6.07 Å². The van der Waals surface area contributed by atoms with Crippen LogP contribution in [0, 0.1) is 10.1 Å². The van der Waals surface area contributed by atoms with Gasteiger partial charge in [-0.05, 0) is 54.1 Å². The summed E-state index contributed by atoms with van der Waals surface area (Å²) in [7, 11) is 1.61. The molecule has 0 fully saturated rings. The first-order chi connectivity index (χ1) is 13.6. The van der Waals surface area contributed by atoms with E-state index in [0.29, 0.717) is 22.7 Å². The molecule has 0 spiro atoms. The lowest BCUT2D eigenvalue weighted by Gasteiger charge is -2.00. The summed E-state index contributed by atoms with van der Waals surface area (Å²) in [5.41, 5.74) is 3.69. The molecule has 0 amide bonds. The molecule has 7 nitrogen and oxygen atoms in total. The van der Waals surface area contributed by atoms with Gasteiger partial charge < -0.3 is 9.15 Å². The van der Waals surface area contributed by atoms with Gasteiger partial charge in [0.25, 0.3) is 5.69 Å². The van der Waals surface area contributed by atoms with E-state index in [-0.39, 0.29) is 5.69 Å². The van der Waals surface area contributed by atoms with Gasteiger partial charge in [0.15, 0.2) is 5.58 Å². The third-order valence-corrected chi connectivity index (χ3v) is 4.15. The molecule has 7 heteroatoms. The third-order valence-electron chi connectivity index (χ3n) is 4.15. The lowest BCUT2D eigenvalue weighted by molar-refractivity contribution is -0.384. The number of nitro groups is 1. The molecule has 3 aromatic carbocycles. The minimum atomic E-state index is -0.431. The Labute approximate surface area is 160 Å². The molecule has 28 heavy (non-hydrogen) atoms. The van der Waals surface area contributed by atoms with Gasteiger partial charge in [0.1, 0.15) is 11.3 Å². The Bertz CT molecular complexity index is 1180. The fraction of sp³-hybridized carbons (Fsp3) is 0.0476. The third kappa shape index (κ3) is 3.59. The van der Waals surface area contributed by atoms with Crippen LogP contribution in [-0.4, -0.2) is 23.2 Å². The molecule has 0 bridgehead atoms. The second kappa shape index (κ2) is 7.32. The van der Waals surface area contributed by atoms with Crippen LogP contribution in [-0.2, 0) is 0 Å². The fourth-order valence-electron chi connectivity index (χ4n) is 2.71. The SMILES string of the molecule is COc1cccc(-c2nc3cc(N=Cc4ccc([N+](=O)[O-])cc4)ccc3o2)c1. The molecule has 0 unspecified atom stereocenters. The number of aromatic nitrogens is 1. The first kappa shape index (κ1) is 17.4. The average Bonchev–Trinajstić information content (AvgIpc) is 3.16. The zero-order chi connectivity index (χ0) is 19.5. The van der Waals surface area contributed by atoms with Crippen molar-refractivity contribution in [3.05, 3.63) is 82.4 Å². The molecule has 0 saturated heterocycles. The normalized spacial score (nSPS) is 11.2. The highest BCUT2D eigenvalue weighted by Crippen LogP contribution is 2.29. The maximum Gasteiger partial charge on any atom is 0.269 e. The summed E-state index contributed by atoms with van der Waals surface area (Å²) in [6, 6.07) is 19.2. The highest BCUT2D eigenvalue weighted by Gasteiger charge is 2.09. The number of fused-ring (bicyclic) bond motifs is 1. The number of ether oxygens (including phenoxy) is 1. The highest BCUT2D eigenvalue weighted by atomic mass is 16.6. The van der Waals surface area contributed by atoms with Crippen LogP contribution in [0.15, 0.2) is 76.1 Å². The van der Waals surface area contributed by atoms with Gasteiger partial charge in [0.2, 0.25) is 5.89 Å². The molecule has 0 aliphatic heterocycles. The number of hydrogen-bond donors (Lipinski definition) is 0. The van der Waals surface area contributed by atoms with Gasteiger partial charge in [0, 0.05) is 23.9 Å². The minimum Gasteiger partial charge on any atom is -0.497 e. The van der Waals surface area contributed by atoms with Crippen LogP contribution < -0.4 is 4.74 Å².